The zero-order valence-corrected chi connectivity index (χ0v) is 31.1. The van der Waals surface area contributed by atoms with Crippen LogP contribution in [-0.4, -0.2) is 63.4 Å². The maximum Gasteiger partial charge on any atom is 0.313 e. The van der Waals surface area contributed by atoms with Crippen LogP contribution in [0.3, 0.4) is 0 Å². The van der Waals surface area contributed by atoms with Gasteiger partial charge in [0, 0.05) is 54.4 Å². The first kappa shape index (κ1) is 38.4. The monoisotopic (exact) mass is 793 g/mol. The number of anilines is 1. The Kier molecular flexibility index (Phi) is 9.81. The van der Waals surface area contributed by atoms with Crippen LogP contribution in [0.15, 0.2) is 63.2 Å². The van der Waals surface area contributed by atoms with Crippen molar-refractivity contribution in [1.82, 2.24) is 4.58 Å². The van der Waals surface area contributed by atoms with Crippen LogP contribution in [0.1, 0.15) is 53.6 Å². The molecule has 10 nitrogen and oxygen atoms in total. The molecule has 53 heavy (non-hydrogen) atoms. The smallest absolute Gasteiger partial charge is 0.313 e. The first-order chi connectivity index (χ1) is 24.6. The van der Waals surface area contributed by atoms with Gasteiger partial charge >= 0.3 is 5.97 Å². The second kappa shape index (κ2) is 13.5. The molecule has 0 spiro atoms. The molecule has 0 aromatic heterocycles. The molecule has 2 aliphatic rings. The van der Waals surface area contributed by atoms with E-state index in [0.29, 0.717) is 58.3 Å². The minimum absolute atomic E-state index is 0.0221. The lowest BCUT2D eigenvalue weighted by molar-refractivity contribution is -0.133. The third-order valence-corrected chi connectivity index (χ3v) is 12.5. The Labute approximate surface area is 306 Å². The van der Waals surface area contributed by atoms with Gasteiger partial charge in [0.2, 0.25) is 5.36 Å². The van der Waals surface area contributed by atoms with E-state index in [2.05, 4.69) is 0 Å². The van der Waals surface area contributed by atoms with Gasteiger partial charge < -0.3 is 10.0 Å². The summed E-state index contributed by atoms with van der Waals surface area (Å²) in [7, 11) is -6.17. The third kappa shape index (κ3) is 6.84. The first-order valence-electron chi connectivity index (χ1n) is 16.0. The lowest BCUT2D eigenvalue weighted by atomic mass is 9.68. The summed E-state index contributed by atoms with van der Waals surface area (Å²) in [6.07, 6.45) is 0.962. The van der Waals surface area contributed by atoms with Crippen molar-refractivity contribution in [3.05, 3.63) is 116 Å². The van der Waals surface area contributed by atoms with Crippen LogP contribution in [0.4, 0.5) is 23.2 Å². The topological polar surface area (TPSA) is 152 Å². The molecule has 0 bridgehead atoms. The molecule has 0 saturated carbocycles. The molecule has 1 heterocycles. The number of carboxylic acids is 1. The summed E-state index contributed by atoms with van der Waals surface area (Å²) < 4.78 is 133. The normalized spacial score (nSPS) is 15.1. The van der Waals surface area contributed by atoms with Gasteiger partial charge in [0.15, 0.2) is 29.8 Å². The van der Waals surface area contributed by atoms with Gasteiger partial charge in [-0.1, -0.05) is 19.9 Å². The van der Waals surface area contributed by atoms with Gasteiger partial charge in [-0.2, -0.15) is 16.8 Å². The fourth-order valence-electron chi connectivity index (χ4n) is 7.07. The predicted octanol–water partition coefficient (Wildman–Crippen LogP) is 4.50. The zero-order chi connectivity index (χ0) is 38.9. The SMILES string of the molecule is CN(C)c1ccc2c(c1)C(C)(C)c1cc3c(cc1=C2c1c(F)c(F)c(SCC(=O)O)c(F)c1F)CCC[N+]=3Cc1ccc(S(=O)(=O)O)cc1S(=O)(=O)O. The second-order valence-electron chi connectivity index (χ2n) is 13.5. The Morgan fingerprint density at radius 3 is 2.13 bits per heavy atom. The number of aliphatic carboxylic acids is 1. The maximum atomic E-state index is 16.2. The van der Waals surface area contributed by atoms with Crippen molar-refractivity contribution in [3.63, 3.8) is 0 Å². The van der Waals surface area contributed by atoms with E-state index in [9.17, 15) is 30.7 Å². The quantitative estimate of drug-likeness (QED) is 0.0727. The minimum atomic E-state index is -4.96. The van der Waals surface area contributed by atoms with Crippen molar-refractivity contribution in [2.45, 2.75) is 53.3 Å². The number of aryl methyl sites for hydroxylation is 1. The van der Waals surface area contributed by atoms with Crippen molar-refractivity contribution in [2.75, 3.05) is 31.3 Å². The Balaban J connectivity index is 1.69. The van der Waals surface area contributed by atoms with Gasteiger partial charge in [0.1, 0.15) is 11.4 Å². The average molecular weight is 794 g/mol. The standard InChI is InChI=1S/C36H32F4N2O8S3/c1-36(2)24-13-20(41(3)4)8-10-22(24)29(30-31(37)33(39)35(34(40)32(30)38)51-17-28(43)44)23-12-18-6-5-11-42(26(18)15-25(23)36)16-19-7-9-21(52(45,46)47)14-27(19)53(48,49)50/h7-10,12-15H,5-6,11,16-17H2,1-4H3,(H2-,43,44,45,46,47,48,49,50)/p+1. The van der Waals surface area contributed by atoms with Gasteiger partial charge in [-0.15, -0.1) is 11.8 Å². The molecule has 1 aliphatic heterocycles. The molecule has 3 N–H and O–H groups in total. The van der Waals surface area contributed by atoms with Gasteiger partial charge in [-0.05, 0) is 64.7 Å². The number of benzene rings is 4. The molecular weight excluding hydrogens is 761 g/mol. The molecule has 4 aromatic carbocycles. The first-order valence-corrected chi connectivity index (χ1v) is 19.9. The number of hydrogen-bond donors (Lipinski definition) is 3. The largest absolute Gasteiger partial charge is 0.481 e. The number of fused-ring (bicyclic) bond motifs is 3. The van der Waals surface area contributed by atoms with Gasteiger partial charge in [-0.3, -0.25) is 13.9 Å². The Bertz CT molecular complexity index is 2580. The Hall–Kier alpha value is -4.29. The van der Waals surface area contributed by atoms with E-state index in [1.165, 1.54) is 6.07 Å². The lowest BCUT2D eigenvalue weighted by Crippen LogP contribution is -2.43. The number of hydrogen-bond acceptors (Lipinski definition) is 7. The number of thioether (sulfide) groups is 1. The Morgan fingerprint density at radius 1 is 0.887 bits per heavy atom. The number of carbonyl (C=O) groups is 1. The fraction of sp³-hybridized carbons (Fsp3) is 0.278. The highest BCUT2D eigenvalue weighted by atomic mass is 32.2. The molecule has 0 atom stereocenters. The summed E-state index contributed by atoms with van der Waals surface area (Å²) in [6.45, 7) is 4.00. The van der Waals surface area contributed by atoms with E-state index < -0.39 is 80.9 Å². The van der Waals surface area contributed by atoms with Crippen LogP contribution < -0.4 is 20.1 Å². The Morgan fingerprint density at radius 2 is 1.55 bits per heavy atom. The van der Waals surface area contributed by atoms with E-state index in [-0.39, 0.29) is 29.4 Å². The fourth-order valence-corrected chi connectivity index (χ4v) is 9.09. The molecule has 0 saturated heterocycles. The lowest BCUT2D eigenvalue weighted by Gasteiger charge is -2.36. The summed E-state index contributed by atoms with van der Waals surface area (Å²) >= 11 is 0.120. The van der Waals surface area contributed by atoms with E-state index in [1.807, 2.05) is 24.8 Å². The van der Waals surface area contributed by atoms with E-state index in [1.54, 1.807) is 42.9 Å². The number of carboxylic acid groups (broad SMARTS) is 1. The van der Waals surface area contributed by atoms with Gasteiger partial charge in [0.25, 0.3) is 20.2 Å². The third-order valence-electron chi connectivity index (χ3n) is 9.63. The van der Waals surface area contributed by atoms with Crippen LogP contribution in [0.25, 0.3) is 5.57 Å². The van der Waals surface area contributed by atoms with E-state index in [4.69, 9.17) is 5.11 Å². The molecule has 1 aliphatic carbocycles. The van der Waals surface area contributed by atoms with E-state index >= 15 is 17.6 Å². The highest BCUT2D eigenvalue weighted by Crippen LogP contribution is 2.44. The number of nitrogens with zero attached hydrogens (tertiary/aromatic N) is 2. The molecular formula is C36H33F4N2O8S3+. The molecule has 0 unspecified atom stereocenters. The molecule has 4 aromatic rings. The van der Waals surface area contributed by atoms with Crippen molar-refractivity contribution in [1.29, 1.82) is 0 Å². The summed E-state index contributed by atoms with van der Waals surface area (Å²) in [5.74, 6) is -9.11. The highest BCUT2D eigenvalue weighted by Gasteiger charge is 2.38. The van der Waals surface area contributed by atoms with Crippen molar-refractivity contribution >= 4 is 49.2 Å². The second-order valence-corrected chi connectivity index (χ2v) is 17.3. The van der Waals surface area contributed by atoms with Crippen LogP contribution >= 0.6 is 11.8 Å². The molecule has 280 valence electrons. The molecule has 17 heteroatoms. The van der Waals surface area contributed by atoms with Crippen molar-refractivity contribution < 1.29 is 53.4 Å². The molecule has 6 rings (SSSR count). The summed E-state index contributed by atoms with van der Waals surface area (Å²) in [5, 5.41) is 9.92. The zero-order valence-electron chi connectivity index (χ0n) is 28.7. The minimum Gasteiger partial charge on any atom is -0.481 e. The summed E-state index contributed by atoms with van der Waals surface area (Å²) in [6, 6.07) is 11.4. The molecule has 0 amide bonds. The van der Waals surface area contributed by atoms with Crippen LogP contribution in [0.5, 0.6) is 0 Å². The maximum absolute atomic E-state index is 16.2. The van der Waals surface area contributed by atoms with Crippen molar-refractivity contribution in [3.8, 4) is 0 Å². The summed E-state index contributed by atoms with van der Waals surface area (Å²) in [4.78, 5) is 10.4. The predicted molar refractivity (Wildman–Crippen MR) is 189 cm³/mol. The molecule has 0 fully saturated rings. The summed E-state index contributed by atoms with van der Waals surface area (Å²) in [5.41, 5.74) is 0.842. The van der Waals surface area contributed by atoms with Crippen molar-refractivity contribution in [2.24, 2.45) is 0 Å². The number of halogens is 4. The van der Waals surface area contributed by atoms with Crippen LogP contribution in [0, 0.1) is 23.3 Å². The molecule has 0 radical (unpaired) electrons. The van der Waals surface area contributed by atoms with Crippen LogP contribution in [0.2, 0.25) is 0 Å². The number of rotatable bonds is 9. The van der Waals surface area contributed by atoms with Gasteiger partial charge in [-0.25, -0.2) is 22.1 Å². The van der Waals surface area contributed by atoms with Crippen LogP contribution in [-0.2, 0) is 43.4 Å². The van der Waals surface area contributed by atoms with E-state index in [0.717, 1.165) is 11.8 Å². The highest BCUT2D eigenvalue weighted by molar-refractivity contribution is 8.00. The van der Waals surface area contributed by atoms with Gasteiger partial charge in [0.05, 0.1) is 21.1 Å². The average Bonchev–Trinajstić information content (AvgIpc) is 3.07.